The first-order valence-electron chi connectivity index (χ1n) is 7.02. The van der Waals surface area contributed by atoms with Crippen LogP contribution >= 0.6 is 11.8 Å². The third-order valence-electron chi connectivity index (χ3n) is 3.15. The van der Waals surface area contributed by atoms with E-state index in [0.717, 1.165) is 29.5 Å². The van der Waals surface area contributed by atoms with Crippen molar-refractivity contribution in [2.24, 2.45) is 0 Å². The second-order valence-corrected chi connectivity index (χ2v) is 6.40. The van der Waals surface area contributed by atoms with Crippen LogP contribution in [0.25, 0.3) is 0 Å². The predicted molar refractivity (Wildman–Crippen MR) is 85.1 cm³/mol. The SMILES string of the molecule is C[C@@H](Sc1cccc(C(F)(F)F)c1)C(=O)NCc1ccccc1. The fourth-order valence-electron chi connectivity index (χ4n) is 1.93. The molecule has 0 fully saturated rings. The number of thioether (sulfide) groups is 1. The highest BCUT2D eigenvalue weighted by Crippen LogP contribution is 2.33. The van der Waals surface area contributed by atoms with E-state index >= 15 is 0 Å². The Morgan fingerprint density at radius 2 is 1.83 bits per heavy atom. The lowest BCUT2D eigenvalue weighted by atomic mass is 10.2. The Morgan fingerprint density at radius 3 is 2.48 bits per heavy atom. The van der Waals surface area contributed by atoms with Gasteiger partial charge in [0.05, 0.1) is 10.8 Å². The molecule has 0 aliphatic heterocycles. The van der Waals surface area contributed by atoms with Crippen molar-refractivity contribution in [3.05, 3.63) is 65.7 Å². The zero-order valence-corrected chi connectivity index (χ0v) is 13.2. The Labute approximate surface area is 137 Å². The van der Waals surface area contributed by atoms with Gasteiger partial charge in [-0.3, -0.25) is 4.79 Å². The van der Waals surface area contributed by atoms with Gasteiger partial charge in [-0.1, -0.05) is 36.4 Å². The predicted octanol–water partition coefficient (Wildman–Crippen LogP) is 4.50. The molecule has 0 aromatic heterocycles. The van der Waals surface area contributed by atoms with E-state index in [0.29, 0.717) is 11.4 Å². The number of benzene rings is 2. The Morgan fingerprint density at radius 1 is 1.13 bits per heavy atom. The van der Waals surface area contributed by atoms with Crippen molar-refractivity contribution in [2.45, 2.75) is 29.8 Å². The number of hydrogen-bond donors (Lipinski definition) is 1. The quantitative estimate of drug-likeness (QED) is 0.813. The molecular formula is C17H16F3NOS. The Bertz CT molecular complexity index is 658. The van der Waals surface area contributed by atoms with Gasteiger partial charge in [0.1, 0.15) is 0 Å². The molecule has 1 atom stereocenters. The zero-order valence-electron chi connectivity index (χ0n) is 12.4. The minimum atomic E-state index is -4.38. The van der Waals surface area contributed by atoms with Crippen molar-refractivity contribution >= 4 is 17.7 Å². The molecule has 0 heterocycles. The fourth-order valence-corrected chi connectivity index (χ4v) is 2.88. The highest BCUT2D eigenvalue weighted by atomic mass is 32.2. The second kappa shape index (κ2) is 7.55. The van der Waals surface area contributed by atoms with Gasteiger partial charge in [0.15, 0.2) is 0 Å². The summed E-state index contributed by atoms with van der Waals surface area (Å²) in [5, 5.41) is 2.30. The first-order chi connectivity index (χ1) is 10.9. The van der Waals surface area contributed by atoms with E-state index in [9.17, 15) is 18.0 Å². The van der Waals surface area contributed by atoms with Gasteiger partial charge in [-0.05, 0) is 30.7 Å². The smallest absolute Gasteiger partial charge is 0.351 e. The Kier molecular flexibility index (Phi) is 5.71. The number of amides is 1. The molecule has 0 aliphatic rings. The molecule has 2 nitrogen and oxygen atoms in total. The zero-order chi connectivity index (χ0) is 16.9. The lowest BCUT2D eigenvalue weighted by Gasteiger charge is -2.13. The van der Waals surface area contributed by atoms with Crippen LogP contribution in [0.5, 0.6) is 0 Å². The average Bonchev–Trinajstić information content (AvgIpc) is 2.53. The topological polar surface area (TPSA) is 29.1 Å². The molecule has 2 aromatic rings. The van der Waals surface area contributed by atoms with Crippen molar-refractivity contribution in [1.82, 2.24) is 5.32 Å². The van der Waals surface area contributed by atoms with Crippen molar-refractivity contribution in [3.8, 4) is 0 Å². The molecule has 0 aliphatic carbocycles. The highest BCUT2D eigenvalue weighted by molar-refractivity contribution is 8.00. The number of rotatable bonds is 5. The maximum Gasteiger partial charge on any atom is 0.416 e. The van der Waals surface area contributed by atoms with E-state index in [1.54, 1.807) is 13.0 Å². The molecule has 1 N–H and O–H groups in total. The highest BCUT2D eigenvalue weighted by Gasteiger charge is 2.30. The van der Waals surface area contributed by atoms with Gasteiger partial charge < -0.3 is 5.32 Å². The van der Waals surface area contributed by atoms with Crippen molar-refractivity contribution in [3.63, 3.8) is 0 Å². The van der Waals surface area contributed by atoms with Crippen LogP contribution < -0.4 is 5.32 Å². The van der Waals surface area contributed by atoms with Gasteiger partial charge in [-0.2, -0.15) is 13.2 Å². The average molecular weight is 339 g/mol. The van der Waals surface area contributed by atoms with Crippen LogP contribution in [0.15, 0.2) is 59.5 Å². The normalized spacial score (nSPS) is 12.7. The molecule has 0 saturated carbocycles. The largest absolute Gasteiger partial charge is 0.416 e. The van der Waals surface area contributed by atoms with Crippen LogP contribution in [0.2, 0.25) is 0 Å². The lowest BCUT2D eigenvalue weighted by Crippen LogP contribution is -2.30. The van der Waals surface area contributed by atoms with E-state index < -0.39 is 17.0 Å². The maximum absolute atomic E-state index is 12.7. The molecule has 1 amide bonds. The molecule has 122 valence electrons. The molecular weight excluding hydrogens is 323 g/mol. The molecule has 0 spiro atoms. The summed E-state index contributed by atoms with van der Waals surface area (Å²) < 4.78 is 38.1. The van der Waals surface area contributed by atoms with Crippen LogP contribution in [0.1, 0.15) is 18.1 Å². The first kappa shape index (κ1) is 17.4. The van der Waals surface area contributed by atoms with E-state index in [1.165, 1.54) is 6.07 Å². The third kappa shape index (κ3) is 5.32. The van der Waals surface area contributed by atoms with Gasteiger partial charge in [0, 0.05) is 11.4 Å². The van der Waals surface area contributed by atoms with Gasteiger partial charge >= 0.3 is 6.18 Å². The van der Waals surface area contributed by atoms with E-state index in [2.05, 4.69) is 5.32 Å². The molecule has 0 radical (unpaired) electrons. The van der Waals surface area contributed by atoms with Gasteiger partial charge in [0.25, 0.3) is 0 Å². The summed E-state index contributed by atoms with van der Waals surface area (Å²) in [5.74, 6) is -0.212. The van der Waals surface area contributed by atoms with Crippen molar-refractivity contribution in [2.75, 3.05) is 0 Å². The van der Waals surface area contributed by atoms with Crippen LogP contribution in [0.3, 0.4) is 0 Å². The van der Waals surface area contributed by atoms with Gasteiger partial charge in [-0.25, -0.2) is 0 Å². The van der Waals surface area contributed by atoms with E-state index in [1.807, 2.05) is 30.3 Å². The number of carbonyl (C=O) groups excluding carboxylic acids is 1. The number of halogens is 3. The maximum atomic E-state index is 12.7. The van der Waals surface area contributed by atoms with Crippen LogP contribution in [-0.2, 0) is 17.5 Å². The minimum Gasteiger partial charge on any atom is -0.351 e. The molecule has 23 heavy (non-hydrogen) atoms. The van der Waals surface area contributed by atoms with Crippen molar-refractivity contribution < 1.29 is 18.0 Å². The standard InChI is InChI=1S/C17H16F3NOS/c1-12(16(22)21-11-13-6-3-2-4-7-13)23-15-9-5-8-14(10-15)17(18,19)20/h2-10,12H,11H2,1H3,(H,21,22)/t12-/m1/s1. The summed E-state index contributed by atoms with van der Waals surface area (Å²) in [5.41, 5.74) is 0.261. The second-order valence-electron chi connectivity index (χ2n) is 4.99. The Balaban J connectivity index is 1.93. The molecule has 0 unspecified atom stereocenters. The number of nitrogens with one attached hydrogen (secondary N) is 1. The van der Waals surface area contributed by atoms with Gasteiger partial charge in [0.2, 0.25) is 5.91 Å². The van der Waals surface area contributed by atoms with Crippen molar-refractivity contribution in [1.29, 1.82) is 0 Å². The molecule has 0 saturated heterocycles. The number of alkyl halides is 3. The summed E-state index contributed by atoms with van der Waals surface area (Å²) in [4.78, 5) is 12.5. The first-order valence-corrected chi connectivity index (χ1v) is 7.90. The van der Waals surface area contributed by atoms with Crippen LogP contribution in [0, 0.1) is 0 Å². The summed E-state index contributed by atoms with van der Waals surface area (Å²) in [7, 11) is 0. The minimum absolute atomic E-state index is 0.212. The van der Waals surface area contributed by atoms with E-state index in [4.69, 9.17) is 0 Å². The molecule has 0 bridgehead atoms. The fraction of sp³-hybridized carbons (Fsp3) is 0.235. The van der Waals surface area contributed by atoms with Crippen LogP contribution in [-0.4, -0.2) is 11.2 Å². The van der Waals surface area contributed by atoms with Crippen LogP contribution in [0.4, 0.5) is 13.2 Å². The number of carbonyl (C=O) groups is 1. The summed E-state index contributed by atoms with van der Waals surface area (Å²) in [6.07, 6.45) is -4.38. The summed E-state index contributed by atoms with van der Waals surface area (Å²) >= 11 is 1.11. The summed E-state index contributed by atoms with van der Waals surface area (Å²) in [6, 6.07) is 14.4. The molecule has 2 rings (SSSR count). The molecule has 6 heteroatoms. The molecule has 2 aromatic carbocycles. The third-order valence-corrected chi connectivity index (χ3v) is 4.25. The summed E-state index contributed by atoms with van der Waals surface area (Å²) in [6.45, 7) is 2.07. The van der Waals surface area contributed by atoms with E-state index in [-0.39, 0.29) is 5.91 Å². The monoisotopic (exact) mass is 339 g/mol. The van der Waals surface area contributed by atoms with Gasteiger partial charge in [-0.15, -0.1) is 11.8 Å². The number of hydrogen-bond acceptors (Lipinski definition) is 2. The lowest BCUT2D eigenvalue weighted by molar-refractivity contribution is -0.137. The Hall–Kier alpha value is -1.95.